The van der Waals surface area contributed by atoms with Gasteiger partial charge in [-0.05, 0) is 39.2 Å². The Balaban J connectivity index is 1.88. The van der Waals surface area contributed by atoms with Gasteiger partial charge in [0.1, 0.15) is 24.7 Å². The van der Waals surface area contributed by atoms with Gasteiger partial charge in [-0.1, -0.05) is 84.0 Å². The number of hydrogen-bond acceptors (Lipinski definition) is 17. The minimum Gasteiger partial charge on any atom is -0.505 e. The first kappa shape index (κ1) is 56.0. The first-order valence-electron chi connectivity index (χ1n) is 22.2. The highest BCUT2D eigenvalue weighted by Gasteiger charge is 2.45. The summed E-state index contributed by atoms with van der Waals surface area (Å²) in [6, 6.07) is -3.75. The van der Waals surface area contributed by atoms with Crippen LogP contribution in [0.3, 0.4) is 0 Å². The van der Waals surface area contributed by atoms with E-state index >= 15 is 0 Å². The maximum Gasteiger partial charge on any atom is 0.525 e. The fourth-order valence-corrected chi connectivity index (χ4v) is 6.87. The lowest BCUT2D eigenvalue weighted by atomic mass is 10.0. The zero-order valence-electron chi connectivity index (χ0n) is 37.2. The third kappa shape index (κ3) is 23.6. The molecule has 0 aromatic carbocycles. The van der Waals surface area contributed by atoms with E-state index in [1.54, 1.807) is 0 Å². The van der Waals surface area contributed by atoms with Gasteiger partial charge in [-0.25, -0.2) is 19.1 Å². The van der Waals surface area contributed by atoms with Gasteiger partial charge in [-0.2, -0.15) is 0 Å². The highest BCUT2D eigenvalue weighted by atomic mass is 31.2. The third-order valence-electron chi connectivity index (χ3n) is 10.1. The summed E-state index contributed by atoms with van der Waals surface area (Å²) in [4.78, 5) is 118. The Morgan fingerprint density at radius 1 is 0.846 bits per heavy atom. The number of unbranched alkanes of at least 4 members (excludes halogenated alkanes) is 13. The van der Waals surface area contributed by atoms with E-state index in [0.717, 1.165) is 32.1 Å². The minimum atomic E-state index is -5.34. The number of aliphatic carboxylic acids is 1. The maximum atomic E-state index is 13.1. The van der Waals surface area contributed by atoms with Gasteiger partial charge in [0.25, 0.3) is 5.76 Å². The van der Waals surface area contributed by atoms with Gasteiger partial charge >= 0.3 is 37.7 Å². The number of aliphatic hydroxyl groups excluding tert-OH is 1. The molecule has 0 radical (unpaired) electrons. The van der Waals surface area contributed by atoms with Crippen LogP contribution in [0.1, 0.15) is 142 Å². The second kappa shape index (κ2) is 30.9. The number of hydroxylamine groups is 1. The van der Waals surface area contributed by atoms with Crippen LogP contribution in [-0.2, 0) is 68.1 Å². The summed E-state index contributed by atoms with van der Waals surface area (Å²) in [5, 5.41) is 25.1. The molecule has 2 rings (SSSR count). The van der Waals surface area contributed by atoms with Crippen molar-refractivity contribution in [2.75, 3.05) is 13.2 Å². The number of nitrogens with one attached hydrogen (secondary N) is 4. The summed E-state index contributed by atoms with van der Waals surface area (Å²) in [6.07, 6.45) is 12.9. The van der Waals surface area contributed by atoms with Crippen molar-refractivity contribution < 1.29 is 81.7 Å². The van der Waals surface area contributed by atoms with E-state index in [1.807, 2.05) is 0 Å². The van der Waals surface area contributed by atoms with Crippen LogP contribution < -0.4 is 21.8 Å². The van der Waals surface area contributed by atoms with E-state index in [1.165, 1.54) is 64.4 Å². The molecule has 0 saturated carbocycles. The van der Waals surface area contributed by atoms with Crippen molar-refractivity contribution in [3.8, 4) is 0 Å². The average molecular weight is 947 g/mol. The van der Waals surface area contributed by atoms with E-state index in [9.17, 15) is 48.3 Å². The number of amides is 2. The van der Waals surface area contributed by atoms with Crippen LogP contribution >= 0.6 is 7.82 Å². The number of ether oxygens (including phenoxy) is 3. The number of H-pyrrole nitrogens is 1. The fraction of sp³-hybridized carbons (Fsp3) is 0.707. The van der Waals surface area contributed by atoms with Crippen molar-refractivity contribution in [1.82, 2.24) is 26.1 Å². The molecule has 65 heavy (non-hydrogen) atoms. The zero-order chi connectivity index (χ0) is 48.2. The number of nitrogens with zero attached hydrogens (tertiary/aromatic N) is 1. The van der Waals surface area contributed by atoms with Crippen LogP contribution in [0.4, 0.5) is 0 Å². The SMILES string of the molecule is CCCCCCCCCCCCCCCC(=O)OC(COC(=O)CCC(=O)ONC(C)C(=O)NC(CCCCN)C(=O)NC(Cc1cnc[nH]1)C(=O)O)C1OC(=O)C(OP(=O)(O)O)=C1O. The fourth-order valence-electron chi connectivity index (χ4n) is 6.47. The largest absolute Gasteiger partial charge is 0.525 e. The predicted molar refractivity (Wildman–Crippen MR) is 228 cm³/mol. The second-order valence-electron chi connectivity index (χ2n) is 15.7. The summed E-state index contributed by atoms with van der Waals surface area (Å²) < 4.78 is 31.1. The Hall–Kier alpha value is -5.09. The van der Waals surface area contributed by atoms with Crippen LogP contribution in [0, 0.1) is 0 Å². The topological polar surface area (TPSA) is 354 Å². The van der Waals surface area contributed by atoms with E-state index in [2.05, 4.69) is 37.5 Å². The van der Waals surface area contributed by atoms with E-state index in [-0.39, 0.29) is 19.3 Å². The molecule has 24 heteroatoms. The highest BCUT2D eigenvalue weighted by Crippen LogP contribution is 2.42. The molecule has 10 N–H and O–H groups in total. The van der Waals surface area contributed by atoms with Crippen molar-refractivity contribution in [3.05, 3.63) is 29.7 Å². The summed E-state index contributed by atoms with van der Waals surface area (Å²) in [5.74, 6) is -9.55. The number of esters is 3. The number of carboxylic acids is 1. The average Bonchev–Trinajstić information content (AvgIpc) is 3.87. The highest BCUT2D eigenvalue weighted by molar-refractivity contribution is 7.46. The van der Waals surface area contributed by atoms with Crippen molar-refractivity contribution in [1.29, 1.82) is 0 Å². The molecule has 5 atom stereocenters. The van der Waals surface area contributed by atoms with Gasteiger partial charge in [0, 0.05) is 24.7 Å². The lowest BCUT2D eigenvalue weighted by molar-refractivity contribution is -0.171. The Morgan fingerprint density at radius 2 is 1.45 bits per heavy atom. The Kier molecular flexibility index (Phi) is 26.7. The van der Waals surface area contributed by atoms with Crippen LogP contribution in [0.5, 0.6) is 0 Å². The molecule has 23 nitrogen and oxygen atoms in total. The molecule has 2 amide bonds. The van der Waals surface area contributed by atoms with Crippen LogP contribution in [0.25, 0.3) is 0 Å². The Bertz CT molecular complexity index is 1740. The predicted octanol–water partition coefficient (Wildman–Crippen LogP) is 3.09. The Morgan fingerprint density at radius 3 is 2.02 bits per heavy atom. The third-order valence-corrected chi connectivity index (χ3v) is 10.5. The first-order chi connectivity index (χ1) is 30.9. The van der Waals surface area contributed by atoms with Gasteiger partial charge in [0.2, 0.25) is 17.9 Å². The normalized spacial score (nSPS) is 15.6. The van der Waals surface area contributed by atoms with Gasteiger partial charge in [-0.3, -0.25) is 33.8 Å². The maximum absolute atomic E-state index is 13.1. The standard InChI is InChI=1S/C41H67N6O17P/c1-3-4-5-6-7-8-9-10-11-12-13-14-15-19-33(49)61-31(36-35(51)37(41(56)62-36)64-65(57,58)59)25-60-32(48)20-21-34(50)63-47-27(2)38(52)45-29(18-16-17-22-42)39(53)46-30(40(54)55)23-28-24-43-26-44-28/h24,26-27,29-31,36,47,51H,3-23,25,42H2,1-2H3,(H,43,44)(H,45,52)(H,46,53)(H,54,55)(H2,57,58,59). The molecule has 368 valence electrons. The number of aromatic nitrogens is 2. The number of aliphatic hydroxyl groups is 1. The number of rotatable bonds is 36. The molecule has 1 aromatic rings. The molecule has 1 aliphatic heterocycles. The van der Waals surface area contributed by atoms with Crippen LogP contribution in [-0.4, -0.2) is 115 Å². The van der Waals surface area contributed by atoms with Crippen LogP contribution in [0.15, 0.2) is 24.0 Å². The molecular formula is C41H67N6O17P. The molecular weight excluding hydrogens is 879 g/mol. The Labute approximate surface area is 377 Å². The molecule has 1 aliphatic rings. The van der Waals surface area contributed by atoms with Crippen molar-refractivity contribution in [3.63, 3.8) is 0 Å². The van der Waals surface area contributed by atoms with Crippen molar-refractivity contribution in [2.24, 2.45) is 5.73 Å². The van der Waals surface area contributed by atoms with Crippen LogP contribution in [0.2, 0.25) is 0 Å². The lowest BCUT2D eigenvalue weighted by Gasteiger charge is -2.23. The number of carboxylic acid groups (broad SMARTS) is 1. The summed E-state index contributed by atoms with van der Waals surface area (Å²) in [6.45, 7) is 2.98. The number of cyclic esters (lactones) is 1. The van der Waals surface area contributed by atoms with Gasteiger partial charge in [-0.15, -0.1) is 5.48 Å². The number of hydrogen-bond donors (Lipinski definition) is 9. The number of imidazole rings is 1. The number of phosphoric acid groups is 1. The zero-order valence-corrected chi connectivity index (χ0v) is 38.1. The summed E-state index contributed by atoms with van der Waals surface area (Å²) in [7, 11) is -5.34. The summed E-state index contributed by atoms with van der Waals surface area (Å²) in [5.41, 5.74) is 8.23. The summed E-state index contributed by atoms with van der Waals surface area (Å²) >= 11 is 0. The quantitative estimate of drug-likeness (QED) is 0.0153. The molecule has 0 aliphatic carbocycles. The number of carbonyl (C=O) groups is 7. The number of nitrogens with two attached hydrogens (primary N) is 1. The molecule has 0 fully saturated rings. The number of phosphoric ester groups is 1. The van der Waals surface area contributed by atoms with E-state index in [4.69, 9.17) is 34.6 Å². The van der Waals surface area contributed by atoms with Gasteiger partial charge < -0.3 is 55.1 Å². The molecule has 1 aromatic heterocycles. The minimum absolute atomic E-state index is 0.0749. The van der Waals surface area contributed by atoms with Crippen molar-refractivity contribution >= 4 is 49.5 Å². The van der Waals surface area contributed by atoms with Crippen molar-refractivity contribution in [2.45, 2.75) is 173 Å². The van der Waals surface area contributed by atoms with E-state index < -0.39 is 111 Å². The number of aromatic amines is 1. The molecule has 2 heterocycles. The smallest absolute Gasteiger partial charge is 0.505 e. The molecule has 0 bridgehead atoms. The molecule has 5 unspecified atom stereocenters. The lowest BCUT2D eigenvalue weighted by Crippen LogP contribution is -2.55. The van der Waals surface area contributed by atoms with Gasteiger partial charge in [0.05, 0.1) is 19.2 Å². The first-order valence-corrected chi connectivity index (χ1v) is 23.7. The molecule has 0 saturated heterocycles. The molecule has 0 spiro atoms. The monoisotopic (exact) mass is 946 g/mol. The second-order valence-corrected chi connectivity index (χ2v) is 16.8. The van der Waals surface area contributed by atoms with Gasteiger partial charge in [0.15, 0.2) is 11.9 Å². The van der Waals surface area contributed by atoms with E-state index in [0.29, 0.717) is 31.5 Å². The number of carbonyl (C=O) groups excluding carboxylic acids is 6.